The van der Waals surface area contributed by atoms with Crippen molar-refractivity contribution in [3.63, 3.8) is 0 Å². The summed E-state index contributed by atoms with van der Waals surface area (Å²) in [6.07, 6.45) is 2.94. The van der Waals surface area contributed by atoms with Crippen LogP contribution in [-0.4, -0.2) is 38.0 Å². The Hall–Kier alpha value is -2.74. The van der Waals surface area contributed by atoms with Gasteiger partial charge in [0.05, 0.1) is 21.6 Å². The van der Waals surface area contributed by atoms with Crippen LogP contribution in [0.25, 0.3) is 21.7 Å². The molecular formula is C18H20N4O3S. The van der Waals surface area contributed by atoms with Crippen LogP contribution in [0.1, 0.15) is 47.7 Å². The summed E-state index contributed by atoms with van der Waals surface area (Å²) in [5, 5.41) is 12.2. The van der Waals surface area contributed by atoms with Crippen molar-refractivity contribution in [1.29, 1.82) is 0 Å². The van der Waals surface area contributed by atoms with Crippen molar-refractivity contribution in [2.24, 2.45) is 5.41 Å². The van der Waals surface area contributed by atoms with Crippen molar-refractivity contribution in [2.75, 3.05) is 0 Å². The topological polar surface area (TPSA) is 108 Å². The van der Waals surface area contributed by atoms with Crippen LogP contribution in [0.15, 0.2) is 24.5 Å². The van der Waals surface area contributed by atoms with Crippen molar-refractivity contribution < 1.29 is 14.7 Å². The Balaban J connectivity index is 1.88. The molecule has 0 fully saturated rings. The number of aromatic nitrogens is 3. The number of carboxylic acid groups (broad SMARTS) is 1. The number of amides is 1. The molecule has 8 heteroatoms. The highest BCUT2D eigenvalue weighted by molar-refractivity contribution is 7.17. The summed E-state index contributed by atoms with van der Waals surface area (Å²) >= 11 is 1.30. The molecule has 136 valence electrons. The minimum atomic E-state index is -1.06. The van der Waals surface area contributed by atoms with Gasteiger partial charge in [-0.05, 0) is 24.5 Å². The number of rotatable bonds is 4. The summed E-state index contributed by atoms with van der Waals surface area (Å²) in [6.45, 7) is 8.18. The van der Waals surface area contributed by atoms with E-state index in [0.717, 1.165) is 4.88 Å². The number of nitrogens with zero attached hydrogens (tertiary/aromatic N) is 2. The summed E-state index contributed by atoms with van der Waals surface area (Å²) in [6, 6.07) is 3.56. The zero-order chi connectivity index (χ0) is 19.1. The average molecular weight is 372 g/mol. The highest BCUT2D eigenvalue weighted by atomic mass is 32.1. The van der Waals surface area contributed by atoms with E-state index < -0.39 is 5.97 Å². The first kappa shape index (κ1) is 18.1. The number of aromatic carboxylic acids is 1. The Labute approximate surface area is 154 Å². The molecule has 0 aliphatic carbocycles. The Morgan fingerprint density at radius 1 is 1.31 bits per heavy atom. The molecule has 3 heterocycles. The second kappa shape index (κ2) is 6.53. The number of aromatic amines is 1. The zero-order valence-corrected chi connectivity index (χ0v) is 15.8. The summed E-state index contributed by atoms with van der Waals surface area (Å²) in [4.78, 5) is 36.4. The van der Waals surface area contributed by atoms with Crippen LogP contribution >= 0.6 is 11.3 Å². The second-order valence-corrected chi connectivity index (χ2v) is 8.27. The number of H-pyrrole nitrogens is 1. The summed E-state index contributed by atoms with van der Waals surface area (Å²) < 4.78 is 0. The quantitative estimate of drug-likeness (QED) is 0.649. The van der Waals surface area contributed by atoms with Crippen LogP contribution in [0.3, 0.4) is 0 Å². The Bertz CT molecular complexity index is 984. The molecule has 3 aromatic heterocycles. The van der Waals surface area contributed by atoms with Gasteiger partial charge in [0, 0.05) is 12.2 Å². The first-order valence-corrected chi connectivity index (χ1v) is 8.97. The SMILES string of the molecule is C[C@@H](NC(=O)c1ccc(-c2cnc3[nH]cc(C(=O)O)c3n2)s1)C(C)(C)C. The lowest BCUT2D eigenvalue weighted by molar-refractivity contribution is 0.0698. The lowest BCUT2D eigenvalue weighted by atomic mass is 9.88. The smallest absolute Gasteiger partial charge is 0.339 e. The van der Waals surface area contributed by atoms with E-state index in [1.54, 1.807) is 18.3 Å². The molecule has 0 unspecified atom stereocenters. The van der Waals surface area contributed by atoms with Gasteiger partial charge >= 0.3 is 5.97 Å². The lowest BCUT2D eigenvalue weighted by Crippen LogP contribution is -2.41. The number of hydrogen-bond donors (Lipinski definition) is 3. The highest BCUT2D eigenvalue weighted by Gasteiger charge is 2.23. The maximum atomic E-state index is 12.4. The van der Waals surface area contributed by atoms with Gasteiger partial charge in [-0.15, -0.1) is 11.3 Å². The fourth-order valence-corrected chi connectivity index (χ4v) is 3.12. The summed E-state index contributed by atoms with van der Waals surface area (Å²) in [5.74, 6) is -1.20. The predicted molar refractivity (Wildman–Crippen MR) is 101 cm³/mol. The number of thiophene rings is 1. The standard InChI is InChI=1S/C18H20N4O3S/c1-9(18(2,3)4)21-16(23)13-6-5-12(26-13)11-8-20-15-14(22-11)10(7-19-15)17(24)25/h5-9H,1-4H3,(H,19,20)(H,21,23)(H,24,25)/t9-/m1/s1. The molecule has 0 saturated carbocycles. The molecule has 0 aliphatic heterocycles. The number of carbonyl (C=O) groups excluding carboxylic acids is 1. The number of carbonyl (C=O) groups is 2. The number of fused-ring (bicyclic) bond motifs is 1. The van der Waals surface area contributed by atoms with Crippen LogP contribution in [-0.2, 0) is 0 Å². The van der Waals surface area contributed by atoms with Gasteiger partial charge in [0.1, 0.15) is 11.1 Å². The average Bonchev–Trinajstić information content (AvgIpc) is 3.20. The van der Waals surface area contributed by atoms with Gasteiger partial charge in [-0.25, -0.2) is 14.8 Å². The first-order valence-electron chi connectivity index (χ1n) is 8.15. The molecular weight excluding hydrogens is 352 g/mol. The van der Waals surface area contributed by atoms with E-state index in [9.17, 15) is 14.7 Å². The molecule has 0 spiro atoms. The van der Waals surface area contributed by atoms with E-state index in [1.165, 1.54) is 17.5 Å². The van der Waals surface area contributed by atoms with Gasteiger partial charge in [-0.2, -0.15) is 0 Å². The molecule has 0 saturated heterocycles. The molecule has 0 aromatic carbocycles. The lowest BCUT2D eigenvalue weighted by Gasteiger charge is -2.27. The number of nitrogens with one attached hydrogen (secondary N) is 2. The van der Waals surface area contributed by atoms with Crippen molar-refractivity contribution in [1.82, 2.24) is 20.3 Å². The number of hydrogen-bond acceptors (Lipinski definition) is 5. The van der Waals surface area contributed by atoms with Crippen LogP contribution in [0.5, 0.6) is 0 Å². The minimum absolute atomic E-state index is 0.0228. The van der Waals surface area contributed by atoms with Crippen molar-refractivity contribution in [3.8, 4) is 10.6 Å². The van der Waals surface area contributed by atoms with Gasteiger partial charge in [-0.1, -0.05) is 20.8 Å². The van der Waals surface area contributed by atoms with E-state index in [1.807, 2.05) is 6.92 Å². The molecule has 0 bridgehead atoms. The van der Waals surface area contributed by atoms with E-state index in [0.29, 0.717) is 21.7 Å². The van der Waals surface area contributed by atoms with Crippen molar-refractivity contribution >= 4 is 34.4 Å². The van der Waals surface area contributed by atoms with Gasteiger partial charge in [-0.3, -0.25) is 4.79 Å². The van der Waals surface area contributed by atoms with E-state index in [-0.39, 0.29) is 22.9 Å². The Morgan fingerprint density at radius 2 is 2.04 bits per heavy atom. The Kier molecular flexibility index (Phi) is 4.53. The number of carboxylic acids is 1. The van der Waals surface area contributed by atoms with Crippen LogP contribution in [0.2, 0.25) is 0 Å². The fourth-order valence-electron chi connectivity index (χ4n) is 2.26. The highest BCUT2D eigenvalue weighted by Crippen LogP contribution is 2.28. The maximum Gasteiger partial charge on any atom is 0.339 e. The molecule has 26 heavy (non-hydrogen) atoms. The van der Waals surface area contributed by atoms with Crippen LogP contribution in [0.4, 0.5) is 0 Å². The van der Waals surface area contributed by atoms with Gasteiger partial charge < -0.3 is 15.4 Å². The van der Waals surface area contributed by atoms with Crippen molar-refractivity contribution in [3.05, 3.63) is 35.0 Å². The molecule has 3 N–H and O–H groups in total. The largest absolute Gasteiger partial charge is 0.478 e. The third-order valence-corrected chi connectivity index (χ3v) is 5.45. The summed E-state index contributed by atoms with van der Waals surface area (Å²) in [5.41, 5.74) is 1.29. The third-order valence-electron chi connectivity index (χ3n) is 4.34. The maximum absolute atomic E-state index is 12.4. The molecule has 0 aliphatic rings. The molecule has 3 rings (SSSR count). The van der Waals surface area contributed by atoms with Gasteiger partial charge in [0.25, 0.3) is 5.91 Å². The normalized spacial score (nSPS) is 12.9. The monoisotopic (exact) mass is 372 g/mol. The van der Waals surface area contributed by atoms with Gasteiger partial charge in [0.15, 0.2) is 5.65 Å². The van der Waals surface area contributed by atoms with Crippen LogP contribution in [0, 0.1) is 5.41 Å². The Morgan fingerprint density at radius 3 is 2.69 bits per heavy atom. The minimum Gasteiger partial charge on any atom is -0.478 e. The second-order valence-electron chi connectivity index (χ2n) is 7.19. The van der Waals surface area contributed by atoms with E-state index in [4.69, 9.17) is 0 Å². The molecule has 1 atom stereocenters. The molecule has 7 nitrogen and oxygen atoms in total. The van der Waals surface area contributed by atoms with E-state index >= 15 is 0 Å². The fraction of sp³-hybridized carbons (Fsp3) is 0.333. The van der Waals surface area contributed by atoms with Crippen LogP contribution < -0.4 is 5.32 Å². The van der Waals surface area contributed by atoms with Gasteiger partial charge in [0.2, 0.25) is 0 Å². The van der Waals surface area contributed by atoms with E-state index in [2.05, 4.69) is 41.0 Å². The molecule has 3 aromatic rings. The molecule has 1 amide bonds. The first-order chi connectivity index (χ1) is 12.2. The third kappa shape index (κ3) is 3.45. The predicted octanol–water partition coefficient (Wildman–Crippen LogP) is 3.55. The zero-order valence-electron chi connectivity index (χ0n) is 15.0. The summed E-state index contributed by atoms with van der Waals surface area (Å²) in [7, 11) is 0. The van der Waals surface area contributed by atoms with Crippen molar-refractivity contribution in [2.45, 2.75) is 33.7 Å². The molecule has 0 radical (unpaired) electrons.